The van der Waals surface area contributed by atoms with Gasteiger partial charge in [0.2, 0.25) is 6.10 Å². The third kappa shape index (κ3) is 6.94. The highest BCUT2D eigenvalue weighted by atomic mass is 35.5. The molecule has 3 fully saturated rings. The topological polar surface area (TPSA) is 103 Å². The van der Waals surface area contributed by atoms with E-state index in [1.165, 1.54) is 0 Å². The number of nitrogens with zero attached hydrogens (tertiary/aromatic N) is 3. The summed E-state index contributed by atoms with van der Waals surface area (Å²) in [6.45, 7) is 5.87. The molecule has 0 spiro atoms. The standard InChI is InChI=1S/C31H38Cl2N6O4/c32-25-6-5-21(17-26(25)33)18-28(29(40)38-16-15-37(20-38)23-7-11-34-12-8-23)43-31(42)36-13-9-24(10-14-36)39-19-22-3-1-2-4-27(22)35-30(39)41/h1-6,17,23-24,28,34H,7-16,18-20H2,(H,35,41)/p+2. The van der Waals surface area contributed by atoms with E-state index in [-0.39, 0.29) is 24.4 Å². The van der Waals surface area contributed by atoms with Gasteiger partial charge in [0, 0.05) is 56.7 Å². The molecular weight excluding hydrogens is 591 g/mol. The second-order valence-corrected chi connectivity index (χ2v) is 12.9. The van der Waals surface area contributed by atoms with Crippen molar-refractivity contribution in [2.24, 2.45) is 0 Å². The van der Waals surface area contributed by atoms with Crippen LogP contribution < -0.4 is 15.5 Å². The number of rotatable bonds is 6. The fourth-order valence-electron chi connectivity index (χ4n) is 6.84. The monoisotopic (exact) mass is 630 g/mol. The number of ether oxygens (including phenoxy) is 1. The minimum absolute atomic E-state index is 0.0171. The zero-order chi connectivity index (χ0) is 29.9. The summed E-state index contributed by atoms with van der Waals surface area (Å²) in [5.74, 6) is -0.108. The van der Waals surface area contributed by atoms with Crippen molar-refractivity contribution >= 4 is 46.9 Å². The van der Waals surface area contributed by atoms with E-state index in [2.05, 4.69) is 15.5 Å². The number of hydrogen-bond acceptors (Lipinski definition) is 5. The predicted molar refractivity (Wildman–Crippen MR) is 163 cm³/mol. The maximum absolute atomic E-state index is 13.9. The van der Waals surface area contributed by atoms with Crippen molar-refractivity contribution in [2.75, 3.05) is 51.3 Å². The summed E-state index contributed by atoms with van der Waals surface area (Å²) in [6.07, 6.45) is 2.33. The van der Waals surface area contributed by atoms with Gasteiger partial charge in [-0.1, -0.05) is 47.5 Å². The first-order valence-corrected chi connectivity index (χ1v) is 16.1. The summed E-state index contributed by atoms with van der Waals surface area (Å²) >= 11 is 12.4. The average Bonchev–Trinajstić information content (AvgIpc) is 3.53. The molecule has 0 bridgehead atoms. The number of benzene rings is 2. The summed E-state index contributed by atoms with van der Waals surface area (Å²) in [7, 11) is 0. The normalized spacial score (nSPS) is 22.7. The van der Waals surface area contributed by atoms with Crippen LogP contribution in [0, 0.1) is 0 Å². The number of urea groups is 1. The highest BCUT2D eigenvalue weighted by Gasteiger charge is 2.41. The minimum Gasteiger partial charge on any atom is -0.431 e. The van der Waals surface area contributed by atoms with E-state index >= 15 is 0 Å². The maximum Gasteiger partial charge on any atom is 0.410 e. The fourth-order valence-corrected chi connectivity index (χ4v) is 7.16. The fraction of sp³-hybridized carbons (Fsp3) is 0.516. The Bertz CT molecular complexity index is 1350. The van der Waals surface area contributed by atoms with Gasteiger partial charge in [-0.15, -0.1) is 0 Å². The maximum atomic E-state index is 13.9. The molecule has 2 atom stereocenters. The van der Waals surface area contributed by atoms with Gasteiger partial charge in [0.25, 0.3) is 0 Å². The first kappa shape index (κ1) is 30.1. The van der Waals surface area contributed by atoms with Gasteiger partial charge in [-0.2, -0.15) is 0 Å². The van der Waals surface area contributed by atoms with Gasteiger partial charge in [-0.25, -0.2) is 19.3 Å². The van der Waals surface area contributed by atoms with E-state index in [1.54, 1.807) is 17.0 Å². The second kappa shape index (κ2) is 13.4. The molecule has 12 heteroatoms. The molecule has 4 amide bonds. The number of halogens is 2. The Morgan fingerprint density at radius 3 is 2.53 bits per heavy atom. The molecule has 10 nitrogen and oxygen atoms in total. The number of amides is 4. The molecular formula is C31H40Cl2N6O4+2. The van der Waals surface area contributed by atoms with Crippen LogP contribution in [-0.4, -0.2) is 96.9 Å². The number of carbonyl (C=O) groups excluding carboxylic acids is 3. The van der Waals surface area contributed by atoms with Crippen LogP contribution >= 0.6 is 23.2 Å². The van der Waals surface area contributed by atoms with Crippen LogP contribution in [0.1, 0.15) is 36.8 Å². The quantitative estimate of drug-likeness (QED) is 0.453. The van der Waals surface area contributed by atoms with E-state index in [4.69, 9.17) is 27.9 Å². The lowest BCUT2D eigenvalue weighted by Gasteiger charge is -2.40. The van der Waals surface area contributed by atoms with Crippen LogP contribution in [0.5, 0.6) is 0 Å². The summed E-state index contributed by atoms with van der Waals surface area (Å²) in [4.78, 5) is 46.9. The van der Waals surface area contributed by atoms with Crippen molar-refractivity contribution in [3.05, 3.63) is 63.6 Å². The molecule has 4 aliphatic heterocycles. The summed E-state index contributed by atoms with van der Waals surface area (Å²) < 4.78 is 5.99. The van der Waals surface area contributed by atoms with Crippen LogP contribution in [0.15, 0.2) is 42.5 Å². The Morgan fingerprint density at radius 1 is 1.00 bits per heavy atom. The third-order valence-corrected chi connectivity index (χ3v) is 10.1. The van der Waals surface area contributed by atoms with Crippen LogP contribution in [0.25, 0.3) is 0 Å². The van der Waals surface area contributed by atoms with E-state index < -0.39 is 12.2 Å². The van der Waals surface area contributed by atoms with E-state index in [1.807, 2.05) is 35.2 Å². The van der Waals surface area contributed by atoms with Gasteiger partial charge < -0.3 is 25.2 Å². The molecule has 2 aromatic rings. The molecule has 2 aromatic carbocycles. The van der Waals surface area contributed by atoms with Crippen LogP contribution in [0.4, 0.5) is 15.3 Å². The van der Waals surface area contributed by atoms with E-state index in [0.29, 0.717) is 61.8 Å². The number of likely N-dealkylation sites (tertiary alicyclic amines) is 1. The summed E-state index contributed by atoms with van der Waals surface area (Å²) in [5.41, 5.74) is 2.72. The molecule has 43 heavy (non-hydrogen) atoms. The number of hydrogen-bond donors (Lipinski definition) is 3. The van der Waals surface area contributed by atoms with Crippen LogP contribution in [0.3, 0.4) is 0 Å². The van der Waals surface area contributed by atoms with E-state index in [0.717, 1.165) is 54.2 Å². The Kier molecular flexibility index (Phi) is 9.39. The zero-order valence-corrected chi connectivity index (χ0v) is 25.8. The second-order valence-electron chi connectivity index (χ2n) is 12.0. The van der Waals surface area contributed by atoms with Gasteiger partial charge >= 0.3 is 18.0 Å². The highest BCUT2D eigenvalue weighted by molar-refractivity contribution is 6.42. The lowest BCUT2D eigenvalue weighted by molar-refractivity contribution is -0.813. The largest absolute Gasteiger partial charge is 0.431 e. The molecule has 4 heterocycles. The summed E-state index contributed by atoms with van der Waals surface area (Å²) in [5, 5.41) is 6.16. The highest BCUT2D eigenvalue weighted by Crippen LogP contribution is 2.28. The van der Waals surface area contributed by atoms with E-state index in [9.17, 15) is 14.4 Å². The van der Waals surface area contributed by atoms with Gasteiger partial charge in [-0.05, 0) is 42.2 Å². The van der Waals surface area contributed by atoms with Crippen LogP contribution in [-0.2, 0) is 22.5 Å². The predicted octanol–water partition coefficient (Wildman–Crippen LogP) is 1.96. The SMILES string of the molecule is O=C(OC(Cc1ccc(Cl)c(Cl)c1)C(=O)[NH+]1CCN(C2CC[NH2+]CC2)C1)N1CCC(N2Cc3ccccc3NC2=O)CC1. The van der Waals surface area contributed by atoms with Crippen LogP contribution in [0.2, 0.25) is 10.0 Å². The number of para-hydroxylation sites is 1. The lowest BCUT2D eigenvalue weighted by atomic mass is 10.0. The van der Waals surface area contributed by atoms with Crippen molar-refractivity contribution in [3.63, 3.8) is 0 Å². The lowest BCUT2D eigenvalue weighted by Crippen LogP contribution is -3.15. The van der Waals surface area contributed by atoms with Gasteiger partial charge in [0.05, 0.1) is 36.2 Å². The van der Waals surface area contributed by atoms with Crippen molar-refractivity contribution in [1.29, 1.82) is 0 Å². The van der Waals surface area contributed by atoms with Gasteiger partial charge in [0.1, 0.15) is 6.67 Å². The number of nitrogens with two attached hydrogens (primary N) is 1. The molecule has 4 aliphatic rings. The summed E-state index contributed by atoms with van der Waals surface area (Å²) in [6, 6.07) is 13.5. The molecule has 0 saturated carbocycles. The first-order chi connectivity index (χ1) is 20.9. The van der Waals surface area contributed by atoms with Crippen molar-refractivity contribution in [2.45, 2.75) is 56.8 Å². The van der Waals surface area contributed by atoms with Gasteiger partial charge in [0.15, 0.2) is 0 Å². The average molecular weight is 632 g/mol. The van der Waals surface area contributed by atoms with Gasteiger partial charge in [-0.3, -0.25) is 4.90 Å². The third-order valence-electron chi connectivity index (χ3n) is 9.33. The molecule has 0 radical (unpaired) electrons. The molecule has 2 unspecified atom stereocenters. The number of piperidine rings is 2. The number of fused-ring (bicyclic) bond motifs is 1. The minimum atomic E-state index is -0.943. The number of anilines is 1. The van der Waals surface area contributed by atoms with Crippen molar-refractivity contribution in [1.82, 2.24) is 14.7 Å². The van der Waals surface area contributed by atoms with Crippen molar-refractivity contribution in [3.8, 4) is 0 Å². The number of carbonyl (C=O) groups is 3. The molecule has 0 aliphatic carbocycles. The first-order valence-electron chi connectivity index (χ1n) is 15.4. The van der Waals surface area contributed by atoms with Crippen molar-refractivity contribution < 1.29 is 29.3 Å². The smallest absolute Gasteiger partial charge is 0.410 e. The molecule has 0 aromatic heterocycles. The zero-order valence-electron chi connectivity index (χ0n) is 24.3. The Morgan fingerprint density at radius 2 is 1.77 bits per heavy atom. The Balaban J connectivity index is 1.09. The Labute approximate surface area is 262 Å². The molecule has 4 N–H and O–H groups in total. The molecule has 230 valence electrons. The molecule has 3 saturated heterocycles. The number of quaternary nitrogens is 2. The molecule has 6 rings (SSSR count). The Hall–Kier alpha value is -2.89. The number of nitrogens with one attached hydrogen (secondary N) is 2.